The van der Waals surface area contributed by atoms with Crippen LogP contribution < -0.4 is 14.8 Å². The van der Waals surface area contributed by atoms with Crippen molar-refractivity contribution in [1.29, 1.82) is 0 Å². The summed E-state index contributed by atoms with van der Waals surface area (Å²) in [6.45, 7) is 1.18. The molecule has 0 saturated heterocycles. The van der Waals surface area contributed by atoms with Crippen LogP contribution in [0.4, 0.5) is 5.69 Å². The second-order valence-corrected chi connectivity index (χ2v) is 9.59. The molecule has 3 N–H and O–H groups in total. The van der Waals surface area contributed by atoms with Gasteiger partial charge in [-0.15, -0.1) is 12.4 Å². The first-order chi connectivity index (χ1) is 15.3. The highest BCUT2D eigenvalue weighted by molar-refractivity contribution is 7.92. The number of halogens is 2. The fourth-order valence-electron chi connectivity index (χ4n) is 3.42. The van der Waals surface area contributed by atoms with E-state index in [4.69, 9.17) is 20.8 Å². The molecule has 0 aliphatic heterocycles. The average molecular weight is 511 g/mol. The third-order valence-corrected chi connectivity index (χ3v) is 5.83. The molecule has 176 valence electrons. The number of anilines is 1. The van der Waals surface area contributed by atoms with E-state index in [0.29, 0.717) is 24.5 Å². The predicted octanol–water partition coefficient (Wildman–Crippen LogP) is 4.73. The van der Waals surface area contributed by atoms with Crippen molar-refractivity contribution < 1.29 is 22.7 Å². The average Bonchev–Trinajstić information content (AvgIpc) is 3.11. The minimum Gasteiger partial charge on any atom is -0.492 e. The molecule has 0 radical (unpaired) electrons. The second kappa shape index (κ2) is 10.6. The Morgan fingerprint density at radius 3 is 2.61 bits per heavy atom. The zero-order chi connectivity index (χ0) is 22.7. The van der Waals surface area contributed by atoms with Crippen LogP contribution in [0.15, 0.2) is 65.1 Å². The summed E-state index contributed by atoms with van der Waals surface area (Å²) in [5, 5.41) is 15.9. The number of hydrogen-bond acceptors (Lipinski definition) is 6. The number of benzene rings is 3. The molecule has 0 aliphatic rings. The Kier molecular flexibility index (Phi) is 8.10. The van der Waals surface area contributed by atoms with Crippen LogP contribution in [0.1, 0.15) is 11.7 Å². The number of aliphatic hydroxyl groups excluding tert-OH is 1. The van der Waals surface area contributed by atoms with E-state index in [-0.39, 0.29) is 29.7 Å². The van der Waals surface area contributed by atoms with Gasteiger partial charge in [-0.1, -0.05) is 35.9 Å². The molecule has 0 fully saturated rings. The molecule has 0 bridgehead atoms. The van der Waals surface area contributed by atoms with Gasteiger partial charge in [-0.05, 0) is 35.9 Å². The van der Waals surface area contributed by atoms with Gasteiger partial charge in [-0.2, -0.15) is 0 Å². The molecule has 0 amide bonds. The van der Waals surface area contributed by atoms with Crippen molar-refractivity contribution in [2.24, 2.45) is 0 Å². The van der Waals surface area contributed by atoms with E-state index in [2.05, 4.69) is 10.0 Å². The largest absolute Gasteiger partial charge is 0.492 e. The van der Waals surface area contributed by atoms with Gasteiger partial charge in [0.15, 0.2) is 0 Å². The van der Waals surface area contributed by atoms with Gasteiger partial charge in [-0.3, -0.25) is 4.72 Å². The summed E-state index contributed by atoms with van der Waals surface area (Å²) in [7, 11) is -3.47. The lowest BCUT2D eigenvalue weighted by atomic mass is 10.1. The van der Waals surface area contributed by atoms with Gasteiger partial charge in [-0.25, -0.2) is 8.42 Å². The zero-order valence-corrected chi connectivity index (χ0v) is 20.1. The van der Waals surface area contributed by atoms with E-state index in [0.717, 1.165) is 28.2 Å². The maximum Gasteiger partial charge on any atom is 0.229 e. The van der Waals surface area contributed by atoms with E-state index >= 15 is 0 Å². The molecule has 10 heteroatoms. The monoisotopic (exact) mass is 510 g/mol. The number of hydrogen-bond donors (Lipinski definition) is 3. The summed E-state index contributed by atoms with van der Waals surface area (Å²) >= 11 is 6.02. The maximum atomic E-state index is 11.4. The van der Waals surface area contributed by atoms with Crippen LogP contribution >= 0.6 is 24.0 Å². The van der Waals surface area contributed by atoms with Crippen LogP contribution in [-0.4, -0.2) is 39.5 Å². The molecule has 1 heterocycles. The van der Waals surface area contributed by atoms with Gasteiger partial charge in [0.05, 0.1) is 23.1 Å². The van der Waals surface area contributed by atoms with Crippen LogP contribution in [0.5, 0.6) is 5.75 Å². The number of furan rings is 1. The molecule has 4 rings (SSSR count). The minimum absolute atomic E-state index is 0. The fourth-order valence-corrected chi connectivity index (χ4v) is 4.21. The normalized spacial score (nSPS) is 12.5. The van der Waals surface area contributed by atoms with E-state index in [1.165, 1.54) is 6.07 Å². The molecule has 7 nitrogen and oxygen atoms in total. The standard InChI is InChI=1S/C23H23ClN2O5S.ClH/c1-32(28,29)26-20-12-15(6-9-19(20)24)21(27)14-25-10-11-30-16-7-8-18-17-4-2-3-5-22(17)31-23(18)13-16;/h2-9,12-13,21,25-27H,10-11,14H2,1H3;1H. The molecular weight excluding hydrogens is 487 g/mol. The van der Waals surface area contributed by atoms with Crippen LogP contribution in [0, 0.1) is 0 Å². The first-order valence-corrected chi connectivity index (χ1v) is 12.3. The number of fused-ring (bicyclic) bond motifs is 3. The molecule has 0 spiro atoms. The van der Waals surface area contributed by atoms with Crippen molar-refractivity contribution in [1.82, 2.24) is 5.32 Å². The molecule has 1 unspecified atom stereocenters. The number of rotatable bonds is 9. The highest BCUT2D eigenvalue weighted by atomic mass is 35.5. The van der Waals surface area contributed by atoms with Crippen molar-refractivity contribution in [3.63, 3.8) is 0 Å². The van der Waals surface area contributed by atoms with Gasteiger partial charge in [0.1, 0.15) is 23.5 Å². The summed E-state index contributed by atoms with van der Waals surface area (Å²) in [6.07, 6.45) is 0.208. The number of nitrogens with one attached hydrogen (secondary N) is 2. The fraction of sp³-hybridized carbons (Fsp3) is 0.217. The lowest BCUT2D eigenvalue weighted by Crippen LogP contribution is -2.26. The maximum absolute atomic E-state index is 11.4. The Labute approximate surface area is 203 Å². The summed E-state index contributed by atoms with van der Waals surface area (Å²) in [5.74, 6) is 0.702. The highest BCUT2D eigenvalue weighted by Crippen LogP contribution is 2.31. The van der Waals surface area contributed by atoms with Gasteiger partial charge in [0.2, 0.25) is 10.0 Å². The van der Waals surface area contributed by atoms with Gasteiger partial charge < -0.3 is 19.6 Å². The number of para-hydroxylation sites is 1. The Morgan fingerprint density at radius 1 is 1.06 bits per heavy atom. The molecule has 4 aromatic rings. The summed E-state index contributed by atoms with van der Waals surface area (Å²) in [5.41, 5.74) is 2.39. The molecular formula is C23H24Cl2N2O5S. The van der Waals surface area contributed by atoms with Crippen LogP contribution in [0.3, 0.4) is 0 Å². The van der Waals surface area contributed by atoms with Crippen molar-refractivity contribution in [2.45, 2.75) is 6.10 Å². The second-order valence-electron chi connectivity index (χ2n) is 7.44. The Hall–Kier alpha value is -2.49. The van der Waals surface area contributed by atoms with Gasteiger partial charge in [0, 0.05) is 29.9 Å². The Balaban J connectivity index is 0.00000306. The Bertz CT molecular complexity index is 1360. The van der Waals surface area contributed by atoms with E-state index in [1.54, 1.807) is 12.1 Å². The SMILES string of the molecule is CS(=O)(=O)Nc1cc(C(O)CNCCOc2ccc3c(c2)oc2ccccc23)ccc1Cl.Cl. The third-order valence-electron chi connectivity index (χ3n) is 4.91. The molecule has 1 atom stereocenters. The number of aliphatic hydroxyl groups is 1. The summed E-state index contributed by atoms with van der Waals surface area (Å²) < 4.78 is 36.9. The first-order valence-electron chi connectivity index (χ1n) is 10.0. The van der Waals surface area contributed by atoms with Crippen molar-refractivity contribution in [3.05, 3.63) is 71.2 Å². The highest BCUT2D eigenvalue weighted by Gasteiger charge is 2.12. The molecule has 0 saturated carbocycles. The van der Waals surface area contributed by atoms with Crippen LogP contribution in [0.25, 0.3) is 21.9 Å². The minimum atomic E-state index is -3.47. The molecule has 3 aromatic carbocycles. The first kappa shape index (κ1) is 25.1. The quantitative estimate of drug-likeness (QED) is 0.281. The van der Waals surface area contributed by atoms with Crippen molar-refractivity contribution >= 4 is 61.7 Å². The molecule has 33 heavy (non-hydrogen) atoms. The van der Waals surface area contributed by atoms with Crippen LogP contribution in [-0.2, 0) is 10.0 Å². The molecule has 1 aromatic heterocycles. The van der Waals surface area contributed by atoms with E-state index in [9.17, 15) is 13.5 Å². The summed E-state index contributed by atoms with van der Waals surface area (Å²) in [6, 6.07) is 18.4. The predicted molar refractivity (Wildman–Crippen MR) is 134 cm³/mol. The Morgan fingerprint density at radius 2 is 1.82 bits per heavy atom. The van der Waals surface area contributed by atoms with Gasteiger partial charge in [0.25, 0.3) is 0 Å². The number of ether oxygens (including phenoxy) is 1. The number of sulfonamides is 1. The lowest BCUT2D eigenvalue weighted by molar-refractivity contribution is 0.172. The van der Waals surface area contributed by atoms with E-state index in [1.807, 2.05) is 42.5 Å². The van der Waals surface area contributed by atoms with Crippen LogP contribution in [0.2, 0.25) is 5.02 Å². The molecule has 0 aliphatic carbocycles. The third kappa shape index (κ3) is 6.31. The van der Waals surface area contributed by atoms with E-state index < -0.39 is 16.1 Å². The lowest BCUT2D eigenvalue weighted by Gasteiger charge is -2.15. The van der Waals surface area contributed by atoms with Crippen molar-refractivity contribution in [2.75, 3.05) is 30.7 Å². The van der Waals surface area contributed by atoms with Crippen molar-refractivity contribution in [3.8, 4) is 5.75 Å². The topological polar surface area (TPSA) is 101 Å². The summed E-state index contributed by atoms with van der Waals surface area (Å²) in [4.78, 5) is 0. The zero-order valence-electron chi connectivity index (χ0n) is 17.7. The van der Waals surface area contributed by atoms with Gasteiger partial charge >= 0.3 is 0 Å². The smallest absolute Gasteiger partial charge is 0.229 e.